The van der Waals surface area contributed by atoms with Gasteiger partial charge < -0.3 is 84.9 Å². The first-order valence-electron chi connectivity index (χ1n) is 0. The van der Waals surface area contributed by atoms with Gasteiger partial charge in [-0.05, 0) is 0 Å². The Morgan fingerprint density at radius 2 is 0.333 bits per heavy atom. The van der Waals surface area contributed by atoms with Crippen molar-refractivity contribution in [2.45, 2.75) is 0 Å². The molecule has 0 aromatic rings. The van der Waals surface area contributed by atoms with Gasteiger partial charge in [0.05, 0.1) is 0 Å². The van der Waals surface area contributed by atoms with Crippen LogP contribution in [0.2, 0.25) is 0 Å². The Morgan fingerprint density at radius 1 is 0.333 bits per heavy atom. The van der Waals surface area contributed by atoms with Crippen LogP contribution in [-0.2, 0) is 0 Å². The normalized spacial score (nSPS) is 0. The molecule has 0 aliphatic carbocycles. The second-order valence-corrected chi connectivity index (χ2v) is 0. The maximum absolute atomic E-state index is 0. The zero-order valence-corrected chi connectivity index (χ0v) is 12.7. The van der Waals surface area contributed by atoms with E-state index < -0.39 is 0 Å². The fourth-order valence-corrected chi connectivity index (χ4v) is 0. The largest absolute Gasteiger partial charge is 2.00 e. The second kappa shape index (κ2) is 37.9. The van der Waals surface area contributed by atoms with Crippen LogP contribution in [0.3, 0.4) is 0 Å². The van der Waals surface area contributed by atoms with Crippen molar-refractivity contribution < 1.29 is 84.9 Å². The van der Waals surface area contributed by atoms with E-state index in [2.05, 4.69) is 0 Å². The molecule has 0 atom stereocenters. The van der Waals surface area contributed by atoms with Crippen LogP contribution in [0.1, 0.15) is 0 Å². The monoisotopic (exact) mass is 435 g/mol. The van der Waals surface area contributed by atoms with Gasteiger partial charge in [0.25, 0.3) is 0 Å². The van der Waals surface area contributed by atoms with Crippen molar-refractivity contribution in [1.29, 1.82) is 0 Å². The first-order chi connectivity index (χ1) is 0. The van der Waals surface area contributed by atoms with Gasteiger partial charge >= 0.3 is 37.7 Å². The molecule has 0 spiro atoms. The third kappa shape index (κ3) is 25.4. The molecule has 0 aliphatic heterocycles. The average molecular weight is 440 g/mol. The molecule has 0 fully saturated rings. The molecule has 0 heterocycles. The van der Waals surface area contributed by atoms with E-state index in [1.54, 1.807) is 0 Å². The van der Waals surface area contributed by atoms with Crippen LogP contribution in [0.25, 0.3) is 0 Å². The van der Waals surface area contributed by atoms with E-state index in [9.17, 15) is 0 Å². The zero-order valence-electron chi connectivity index (χ0n) is 2.60. The van der Waals surface area contributed by atoms with Crippen molar-refractivity contribution in [3.05, 3.63) is 0 Å². The van der Waals surface area contributed by atoms with Crippen molar-refractivity contribution in [2.24, 2.45) is 0 Å². The van der Waals surface area contributed by atoms with E-state index in [-0.39, 0.29) is 123 Å². The van der Waals surface area contributed by atoms with Crippen LogP contribution < -0.4 is 84.9 Å². The summed E-state index contributed by atoms with van der Waals surface area (Å²) in [6.07, 6.45) is 0. The summed E-state index contributed by atoms with van der Waals surface area (Å²) in [6, 6.07) is 0. The van der Waals surface area contributed by atoms with Gasteiger partial charge in [-0.1, -0.05) is 0 Å². The Bertz CT molecular complexity index is 3.90. The van der Waals surface area contributed by atoms with Crippen molar-refractivity contribution in [3.63, 3.8) is 0 Å². The molecule has 0 N–H and O–H groups in total. The van der Waals surface area contributed by atoms with E-state index in [1.165, 1.54) is 0 Å². The summed E-state index contributed by atoms with van der Waals surface area (Å²) in [5.74, 6) is 0. The van der Waals surface area contributed by atoms with Gasteiger partial charge in [0, 0.05) is 0 Å². The van der Waals surface area contributed by atoms with Crippen LogP contribution in [0.5, 0.6) is 0 Å². The molecule has 40 valence electrons. The quantitative estimate of drug-likeness (QED) is 0.329. The van der Waals surface area contributed by atoms with E-state index in [0.717, 1.165) is 0 Å². The van der Waals surface area contributed by atoms with Crippen molar-refractivity contribution in [1.82, 2.24) is 0 Å². The molecular formula is Br5Ca-3. The Morgan fingerprint density at radius 3 is 0.333 bits per heavy atom. The molecule has 0 unspecified atom stereocenters. The topological polar surface area (TPSA) is 0 Å². The number of hydrogen-bond donors (Lipinski definition) is 0. The predicted octanol–water partition coefficient (Wildman–Crippen LogP) is -15.4. The van der Waals surface area contributed by atoms with Gasteiger partial charge in [0.15, 0.2) is 0 Å². The minimum absolute atomic E-state index is 0. The summed E-state index contributed by atoms with van der Waals surface area (Å²) in [5.41, 5.74) is 0. The van der Waals surface area contributed by atoms with Gasteiger partial charge in [-0.2, -0.15) is 0 Å². The summed E-state index contributed by atoms with van der Waals surface area (Å²) in [6.45, 7) is 0. The molecule has 0 aromatic carbocycles. The molecule has 6 heteroatoms. The first-order valence-corrected chi connectivity index (χ1v) is 0. The van der Waals surface area contributed by atoms with Gasteiger partial charge in [-0.3, -0.25) is 0 Å². The van der Waals surface area contributed by atoms with Crippen molar-refractivity contribution in [2.75, 3.05) is 0 Å². The Kier molecular flexibility index (Phi) is 342. The van der Waals surface area contributed by atoms with E-state index >= 15 is 0 Å². The number of halogens is 5. The maximum atomic E-state index is 0. The van der Waals surface area contributed by atoms with Gasteiger partial charge in [-0.25, -0.2) is 0 Å². The summed E-state index contributed by atoms with van der Waals surface area (Å²) in [7, 11) is 0. The minimum atomic E-state index is 0. The first kappa shape index (κ1) is 54.1. The fraction of sp³-hybridized carbons (Fsp3) is 0. The molecule has 0 rings (SSSR count). The molecule has 0 radical (unpaired) electrons. The molecule has 0 aliphatic rings. The average Bonchev–Trinajstić information content (AvgIpc) is 0. The van der Waals surface area contributed by atoms with E-state index in [1.807, 2.05) is 0 Å². The minimum Gasteiger partial charge on any atom is -1.00 e. The zero-order chi connectivity index (χ0) is 0. The molecule has 0 saturated heterocycles. The standard InChI is InChI=1S/5BrH.Ca/h5*1H;/q;;;;;+2/p-5. The van der Waals surface area contributed by atoms with Crippen LogP contribution in [0.4, 0.5) is 0 Å². The smallest absolute Gasteiger partial charge is 1.00 e. The van der Waals surface area contributed by atoms with Crippen molar-refractivity contribution in [3.8, 4) is 0 Å². The summed E-state index contributed by atoms with van der Waals surface area (Å²) < 4.78 is 0. The third-order valence-electron chi connectivity index (χ3n) is 0. The van der Waals surface area contributed by atoms with Crippen molar-refractivity contribution >= 4 is 37.7 Å². The molecule has 0 aromatic heterocycles. The molecular weight excluding hydrogens is 440 g/mol. The summed E-state index contributed by atoms with van der Waals surface area (Å²) in [4.78, 5) is 0. The Labute approximate surface area is 120 Å². The second-order valence-electron chi connectivity index (χ2n) is 0. The molecule has 0 saturated carbocycles. The molecule has 6 heavy (non-hydrogen) atoms. The van der Waals surface area contributed by atoms with Crippen LogP contribution in [0, 0.1) is 0 Å². The third-order valence-corrected chi connectivity index (χ3v) is 0. The fourth-order valence-electron chi connectivity index (χ4n) is 0. The maximum Gasteiger partial charge on any atom is 2.00 e. The number of hydrogen-bond acceptors (Lipinski definition) is 0. The molecule has 0 nitrogen and oxygen atoms in total. The predicted molar refractivity (Wildman–Crippen MR) is 5.75 cm³/mol. The SMILES string of the molecule is [Br-].[Br-].[Br-].[Br-].[Br-].[Ca+2]. The summed E-state index contributed by atoms with van der Waals surface area (Å²) in [5, 5.41) is 0. The van der Waals surface area contributed by atoms with Crippen LogP contribution >= 0.6 is 0 Å². The summed E-state index contributed by atoms with van der Waals surface area (Å²) >= 11 is 0. The van der Waals surface area contributed by atoms with Crippen LogP contribution in [0.15, 0.2) is 0 Å². The number of rotatable bonds is 0. The van der Waals surface area contributed by atoms with Gasteiger partial charge in [0.2, 0.25) is 0 Å². The van der Waals surface area contributed by atoms with Gasteiger partial charge in [-0.15, -0.1) is 0 Å². The Balaban J connectivity index is 0. The molecule has 0 bridgehead atoms. The van der Waals surface area contributed by atoms with E-state index in [0.29, 0.717) is 0 Å². The molecule has 0 amide bonds. The van der Waals surface area contributed by atoms with Crippen LogP contribution in [-0.4, -0.2) is 37.7 Å². The van der Waals surface area contributed by atoms with Gasteiger partial charge in [0.1, 0.15) is 0 Å². The van der Waals surface area contributed by atoms with E-state index in [4.69, 9.17) is 0 Å². The Hall–Kier alpha value is 3.66.